The van der Waals surface area contributed by atoms with Gasteiger partial charge in [0.1, 0.15) is 12.0 Å². The molecule has 0 radical (unpaired) electrons. The number of thiophene rings is 1. The van der Waals surface area contributed by atoms with E-state index in [2.05, 4.69) is 29.6 Å². The summed E-state index contributed by atoms with van der Waals surface area (Å²) in [5, 5.41) is 6.43. The molecule has 1 unspecified atom stereocenters. The number of rotatable bonds is 2. The van der Waals surface area contributed by atoms with Crippen LogP contribution in [0.4, 0.5) is 0 Å². The van der Waals surface area contributed by atoms with Crippen molar-refractivity contribution in [3.05, 3.63) is 76.2 Å². The molecule has 1 aliphatic heterocycles. The Labute approximate surface area is 126 Å². The molecule has 0 bridgehead atoms. The van der Waals surface area contributed by atoms with E-state index in [9.17, 15) is 4.79 Å². The number of hydrogen-bond donors (Lipinski definition) is 0. The SMILES string of the molecule is O=CC1=COc2ccc3ccccc3c2C1c1ccsc1. The van der Waals surface area contributed by atoms with Crippen molar-refractivity contribution in [3.8, 4) is 5.75 Å². The summed E-state index contributed by atoms with van der Waals surface area (Å²) in [5.74, 6) is 0.777. The van der Waals surface area contributed by atoms with E-state index in [0.29, 0.717) is 5.57 Å². The molecule has 1 atom stereocenters. The van der Waals surface area contributed by atoms with Crippen LogP contribution in [0, 0.1) is 0 Å². The molecule has 0 saturated heterocycles. The minimum absolute atomic E-state index is 0.0522. The smallest absolute Gasteiger partial charge is 0.150 e. The lowest BCUT2D eigenvalue weighted by molar-refractivity contribution is -0.105. The van der Waals surface area contributed by atoms with Crippen LogP contribution in [0.2, 0.25) is 0 Å². The number of ether oxygens (including phenoxy) is 1. The molecule has 0 spiro atoms. The molecule has 0 fully saturated rings. The standard InChI is InChI=1S/C18H12O2S/c19-9-14-10-20-16-6-5-12-3-1-2-4-15(12)18(16)17(14)13-7-8-21-11-13/h1-11,17H. The lowest BCUT2D eigenvalue weighted by atomic mass is 9.83. The highest BCUT2D eigenvalue weighted by Gasteiger charge is 2.28. The normalized spacial score (nSPS) is 17.0. The Bertz CT molecular complexity index is 847. The molecule has 2 aromatic carbocycles. The van der Waals surface area contributed by atoms with Crippen LogP contribution in [0.25, 0.3) is 10.8 Å². The molecule has 0 N–H and O–H groups in total. The van der Waals surface area contributed by atoms with E-state index in [1.54, 1.807) is 17.6 Å². The fourth-order valence-electron chi connectivity index (χ4n) is 2.94. The Balaban J connectivity index is 2.05. The van der Waals surface area contributed by atoms with Crippen LogP contribution in [0.15, 0.2) is 65.1 Å². The summed E-state index contributed by atoms with van der Waals surface area (Å²) in [7, 11) is 0. The molecule has 0 saturated carbocycles. The molecule has 4 rings (SSSR count). The molecule has 1 aromatic heterocycles. The van der Waals surface area contributed by atoms with Crippen molar-refractivity contribution >= 4 is 28.4 Å². The minimum Gasteiger partial charge on any atom is -0.464 e. The first-order chi connectivity index (χ1) is 10.4. The maximum Gasteiger partial charge on any atom is 0.150 e. The van der Waals surface area contributed by atoms with E-state index in [0.717, 1.165) is 33.9 Å². The third kappa shape index (κ3) is 1.89. The second-order valence-electron chi connectivity index (χ2n) is 5.04. The van der Waals surface area contributed by atoms with Gasteiger partial charge < -0.3 is 4.74 Å². The number of hydrogen-bond acceptors (Lipinski definition) is 3. The fraction of sp³-hybridized carbons (Fsp3) is 0.0556. The third-order valence-corrected chi connectivity index (χ3v) is 4.59. The Morgan fingerprint density at radius 3 is 2.81 bits per heavy atom. The zero-order chi connectivity index (χ0) is 14.2. The Morgan fingerprint density at radius 1 is 1.10 bits per heavy atom. The summed E-state index contributed by atoms with van der Waals surface area (Å²) in [4.78, 5) is 11.5. The average molecular weight is 292 g/mol. The lowest BCUT2D eigenvalue weighted by Gasteiger charge is -2.25. The molecule has 1 aliphatic rings. The van der Waals surface area contributed by atoms with Gasteiger partial charge in [-0.1, -0.05) is 30.3 Å². The topological polar surface area (TPSA) is 26.3 Å². The van der Waals surface area contributed by atoms with E-state index >= 15 is 0 Å². The van der Waals surface area contributed by atoms with Gasteiger partial charge >= 0.3 is 0 Å². The predicted molar refractivity (Wildman–Crippen MR) is 84.9 cm³/mol. The first-order valence-corrected chi connectivity index (χ1v) is 7.68. The molecule has 2 heterocycles. The van der Waals surface area contributed by atoms with E-state index in [-0.39, 0.29) is 5.92 Å². The van der Waals surface area contributed by atoms with Crippen molar-refractivity contribution in [2.75, 3.05) is 0 Å². The van der Waals surface area contributed by atoms with Gasteiger partial charge in [0.05, 0.1) is 6.26 Å². The minimum atomic E-state index is -0.0522. The molecule has 0 amide bonds. The van der Waals surface area contributed by atoms with Gasteiger partial charge in [-0.3, -0.25) is 4.79 Å². The summed E-state index contributed by atoms with van der Waals surface area (Å²) in [6.07, 6.45) is 2.47. The molecule has 21 heavy (non-hydrogen) atoms. The molecular formula is C18H12O2S. The van der Waals surface area contributed by atoms with Crippen LogP contribution >= 0.6 is 11.3 Å². The number of carbonyl (C=O) groups excluding carboxylic acids is 1. The van der Waals surface area contributed by atoms with Crippen molar-refractivity contribution in [2.45, 2.75) is 5.92 Å². The number of carbonyl (C=O) groups is 1. The van der Waals surface area contributed by atoms with Crippen LogP contribution in [0.1, 0.15) is 17.0 Å². The zero-order valence-corrected chi connectivity index (χ0v) is 12.0. The highest BCUT2D eigenvalue weighted by Crippen LogP contribution is 2.44. The molecule has 2 nitrogen and oxygen atoms in total. The molecule has 3 heteroatoms. The monoisotopic (exact) mass is 292 g/mol. The summed E-state index contributed by atoms with van der Waals surface area (Å²) in [6, 6.07) is 14.3. The van der Waals surface area contributed by atoms with Crippen LogP contribution in [-0.2, 0) is 4.79 Å². The van der Waals surface area contributed by atoms with Crippen LogP contribution in [-0.4, -0.2) is 6.29 Å². The zero-order valence-electron chi connectivity index (χ0n) is 11.2. The van der Waals surface area contributed by atoms with Gasteiger partial charge in [-0.15, -0.1) is 0 Å². The number of aldehydes is 1. The van der Waals surface area contributed by atoms with E-state index < -0.39 is 0 Å². The predicted octanol–water partition coefficient (Wildman–Crippen LogP) is 4.51. The van der Waals surface area contributed by atoms with Gasteiger partial charge in [0.15, 0.2) is 0 Å². The van der Waals surface area contributed by atoms with Gasteiger partial charge in [-0.05, 0) is 39.2 Å². The Hall–Kier alpha value is -2.39. The highest BCUT2D eigenvalue weighted by atomic mass is 32.1. The van der Waals surface area contributed by atoms with Crippen molar-refractivity contribution < 1.29 is 9.53 Å². The number of benzene rings is 2. The second kappa shape index (κ2) is 4.86. The van der Waals surface area contributed by atoms with Crippen LogP contribution in [0.5, 0.6) is 5.75 Å². The van der Waals surface area contributed by atoms with E-state index in [1.807, 2.05) is 23.6 Å². The van der Waals surface area contributed by atoms with Gasteiger partial charge in [-0.25, -0.2) is 0 Å². The van der Waals surface area contributed by atoms with Gasteiger partial charge in [0.25, 0.3) is 0 Å². The fourth-order valence-corrected chi connectivity index (χ4v) is 3.62. The quantitative estimate of drug-likeness (QED) is 0.650. The first kappa shape index (κ1) is 12.4. The maximum absolute atomic E-state index is 11.5. The Kier molecular flexibility index (Phi) is 2.86. The van der Waals surface area contributed by atoms with E-state index in [4.69, 9.17) is 4.74 Å². The molecular weight excluding hydrogens is 280 g/mol. The summed E-state index contributed by atoms with van der Waals surface area (Å²) >= 11 is 1.64. The van der Waals surface area contributed by atoms with E-state index in [1.165, 1.54) is 0 Å². The van der Waals surface area contributed by atoms with Crippen molar-refractivity contribution in [3.63, 3.8) is 0 Å². The van der Waals surface area contributed by atoms with Crippen molar-refractivity contribution in [1.29, 1.82) is 0 Å². The van der Waals surface area contributed by atoms with Gasteiger partial charge in [0, 0.05) is 17.1 Å². The summed E-state index contributed by atoms with van der Waals surface area (Å²) < 4.78 is 5.67. The van der Waals surface area contributed by atoms with Crippen LogP contribution in [0.3, 0.4) is 0 Å². The molecule has 102 valence electrons. The second-order valence-corrected chi connectivity index (χ2v) is 5.82. The van der Waals surface area contributed by atoms with Crippen molar-refractivity contribution in [1.82, 2.24) is 0 Å². The third-order valence-electron chi connectivity index (χ3n) is 3.89. The highest BCUT2D eigenvalue weighted by molar-refractivity contribution is 7.08. The number of fused-ring (bicyclic) bond motifs is 3. The molecule has 0 aliphatic carbocycles. The van der Waals surface area contributed by atoms with Crippen LogP contribution < -0.4 is 4.74 Å². The van der Waals surface area contributed by atoms with Crippen molar-refractivity contribution in [2.24, 2.45) is 0 Å². The lowest BCUT2D eigenvalue weighted by Crippen LogP contribution is -2.13. The maximum atomic E-state index is 11.5. The number of allylic oxidation sites excluding steroid dienone is 1. The Morgan fingerprint density at radius 2 is 2.00 bits per heavy atom. The first-order valence-electron chi connectivity index (χ1n) is 6.74. The van der Waals surface area contributed by atoms with Gasteiger partial charge in [0.2, 0.25) is 0 Å². The molecule has 3 aromatic rings. The average Bonchev–Trinajstić information content (AvgIpc) is 3.07. The van der Waals surface area contributed by atoms with Gasteiger partial charge in [-0.2, -0.15) is 11.3 Å². The largest absolute Gasteiger partial charge is 0.464 e. The summed E-state index contributed by atoms with van der Waals surface area (Å²) in [6.45, 7) is 0. The summed E-state index contributed by atoms with van der Waals surface area (Å²) in [5.41, 5.74) is 2.88.